The number of rotatable bonds is 7. The summed E-state index contributed by atoms with van der Waals surface area (Å²) in [7, 11) is -3.24. The Morgan fingerprint density at radius 1 is 1.53 bits per heavy atom. The highest BCUT2D eigenvalue weighted by molar-refractivity contribution is 7.89. The van der Waals surface area contributed by atoms with Gasteiger partial charge in [-0.1, -0.05) is 13.8 Å². The van der Waals surface area contributed by atoms with Crippen molar-refractivity contribution in [3.05, 3.63) is 16.6 Å². The third-order valence-corrected chi connectivity index (χ3v) is 5.40. The van der Waals surface area contributed by atoms with Gasteiger partial charge in [0, 0.05) is 29.9 Å². The van der Waals surface area contributed by atoms with Gasteiger partial charge < -0.3 is 0 Å². The van der Waals surface area contributed by atoms with Crippen molar-refractivity contribution in [1.82, 2.24) is 9.71 Å². The van der Waals surface area contributed by atoms with Crippen molar-refractivity contribution in [3.8, 4) is 0 Å². The molecule has 0 fully saturated rings. The average molecular weight is 297 g/mol. The predicted molar refractivity (Wildman–Crippen MR) is 72.2 cm³/mol. The molecule has 0 spiro atoms. The fourth-order valence-electron chi connectivity index (χ4n) is 1.30. The molecular formula is C10H17ClN2O2S2. The van der Waals surface area contributed by atoms with Crippen LogP contribution in [0.2, 0.25) is 0 Å². The zero-order valence-corrected chi connectivity index (χ0v) is 12.3. The molecule has 98 valence electrons. The molecule has 0 aliphatic rings. The van der Waals surface area contributed by atoms with Crippen LogP contribution in [0.4, 0.5) is 0 Å². The minimum atomic E-state index is -3.24. The lowest BCUT2D eigenvalue weighted by atomic mass is 10.2. The minimum absolute atomic E-state index is 0.0377. The summed E-state index contributed by atoms with van der Waals surface area (Å²) < 4.78 is 26.0. The van der Waals surface area contributed by atoms with E-state index in [9.17, 15) is 8.42 Å². The number of nitrogens with one attached hydrogen (secondary N) is 1. The predicted octanol–water partition coefficient (Wildman–Crippen LogP) is 2.04. The van der Waals surface area contributed by atoms with Crippen molar-refractivity contribution in [2.24, 2.45) is 5.92 Å². The van der Waals surface area contributed by atoms with Crippen molar-refractivity contribution in [3.63, 3.8) is 0 Å². The molecule has 0 aliphatic carbocycles. The van der Waals surface area contributed by atoms with E-state index in [2.05, 4.69) is 9.71 Å². The summed E-state index contributed by atoms with van der Waals surface area (Å²) in [6.45, 7) is 4.15. The quantitative estimate of drug-likeness (QED) is 0.783. The second-order valence-electron chi connectivity index (χ2n) is 4.16. The van der Waals surface area contributed by atoms with Crippen molar-refractivity contribution in [2.45, 2.75) is 19.8 Å². The van der Waals surface area contributed by atoms with E-state index in [4.69, 9.17) is 11.6 Å². The number of alkyl halides is 1. The van der Waals surface area contributed by atoms with Crippen LogP contribution in [0.15, 0.2) is 11.6 Å². The molecule has 0 amide bonds. The summed E-state index contributed by atoms with van der Waals surface area (Å²) >= 11 is 7.13. The first-order chi connectivity index (χ1) is 7.94. The van der Waals surface area contributed by atoms with Gasteiger partial charge in [-0.2, -0.15) is 0 Å². The van der Waals surface area contributed by atoms with Gasteiger partial charge in [-0.3, -0.25) is 0 Å². The summed E-state index contributed by atoms with van der Waals surface area (Å²) in [5.41, 5.74) is 0. The van der Waals surface area contributed by atoms with E-state index >= 15 is 0 Å². The van der Waals surface area contributed by atoms with Gasteiger partial charge in [-0.15, -0.1) is 22.9 Å². The molecule has 1 rings (SSSR count). The van der Waals surface area contributed by atoms with Crippen LogP contribution in [-0.2, 0) is 10.0 Å². The summed E-state index contributed by atoms with van der Waals surface area (Å²) in [6.07, 6.45) is 1.72. The smallest absolute Gasteiger partial charge is 0.211 e. The number of hydrogen-bond acceptors (Lipinski definition) is 4. The Bertz CT molecular complexity index is 420. The molecule has 0 saturated heterocycles. The van der Waals surface area contributed by atoms with E-state index in [0.717, 1.165) is 5.01 Å². The van der Waals surface area contributed by atoms with Crippen molar-refractivity contribution >= 4 is 33.0 Å². The van der Waals surface area contributed by atoms with Gasteiger partial charge in [0.2, 0.25) is 10.0 Å². The Morgan fingerprint density at radius 2 is 2.24 bits per heavy atom. The molecule has 0 saturated carbocycles. The maximum absolute atomic E-state index is 11.7. The van der Waals surface area contributed by atoms with Gasteiger partial charge in [0.1, 0.15) is 0 Å². The molecule has 7 heteroatoms. The molecule has 1 aromatic rings. The van der Waals surface area contributed by atoms with Crippen LogP contribution in [0.3, 0.4) is 0 Å². The van der Waals surface area contributed by atoms with Crippen molar-refractivity contribution < 1.29 is 8.42 Å². The number of halogens is 1. The molecule has 2 unspecified atom stereocenters. The number of thiazole rings is 1. The van der Waals surface area contributed by atoms with Crippen LogP contribution < -0.4 is 4.72 Å². The minimum Gasteiger partial charge on any atom is -0.249 e. The molecule has 2 atom stereocenters. The van der Waals surface area contributed by atoms with Crippen LogP contribution in [0, 0.1) is 5.92 Å². The topological polar surface area (TPSA) is 59.1 Å². The summed E-state index contributed by atoms with van der Waals surface area (Å²) in [4.78, 5) is 4.16. The Hall–Kier alpha value is -0.170. The summed E-state index contributed by atoms with van der Waals surface area (Å²) in [5.74, 6) is 0.477. The van der Waals surface area contributed by atoms with Gasteiger partial charge in [0.05, 0.1) is 10.8 Å². The fourth-order valence-corrected chi connectivity index (χ4v) is 3.72. The van der Waals surface area contributed by atoms with E-state index in [1.807, 2.05) is 19.2 Å². The average Bonchev–Trinajstić information content (AvgIpc) is 2.78. The standard InChI is InChI=1S/C10H17ClN2O2S2/c1-8(5-11)7-17(14,15)13-6-9(2)10-12-3-4-16-10/h3-4,8-9,13H,5-7H2,1-2H3. The molecular weight excluding hydrogens is 280 g/mol. The largest absolute Gasteiger partial charge is 0.249 e. The van der Waals surface area contributed by atoms with Crippen LogP contribution >= 0.6 is 22.9 Å². The van der Waals surface area contributed by atoms with E-state index < -0.39 is 10.0 Å². The van der Waals surface area contributed by atoms with Gasteiger partial charge in [-0.05, 0) is 5.92 Å². The zero-order chi connectivity index (χ0) is 12.9. The monoisotopic (exact) mass is 296 g/mol. The highest BCUT2D eigenvalue weighted by Gasteiger charge is 2.17. The molecule has 17 heavy (non-hydrogen) atoms. The number of hydrogen-bond donors (Lipinski definition) is 1. The molecule has 1 N–H and O–H groups in total. The SMILES string of the molecule is CC(CCl)CS(=O)(=O)NCC(C)c1nccs1. The normalized spacial score (nSPS) is 15.7. The summed E-state index contributed by atoms with van der Waals surface area (Å²) in [5, 5.41) is 2.83. The van der Waals surface area contributed by atoms with Crippen molar-refractivity contribution in [2.75, 3.05) is 18.2 Å². The van der Waals surface area contributed by atoms with E-state index in [-0.39, 0.29) is 17.6 Å². The maximum atomic E-state index is 11.7. The Balaban J connectivity index is 2.45. The first kappa shape index (κ1) is 14.9. The fraction of sp³-hybridized carbons (Fsp3) is 0.700. The Kier molecular flexibility index (Phi) is 5.85. The first-order valence-corrected chi connectivity index (χ1v) is 8.44. The first-order valence-electron chi connectivity index (χ1n) is 5.37. The Morgan fingerprint density at radius 3 is 2.76 bits per heavy atom. The lowest BCUT2D eigenvalue weighted by Gasteiger charge is -2.12. The molecule has 0 radical (unpaired) electrons. The highest BCUT2D eigenvalue weighted by atomic mass is 35.5. The summed E-state index contributed by atoms with van der Waals surface area (Å²) in [6, 6.07) is 0. The number of nitrogens with zero attached hydrogens (tertiary/aromatic N) is 1. The lowest BCUT2D eigenvalue weighted by molar-refractivity contribution is 0.562. The van der Waals surface area contributed by atoms with Gasteiger partial charge >= 0.3 is 0 Å². The maximum Gasteiger partial charge on any atom is 0.211 e. The van der Waals surface area contributed by atoms with Crippen LogP contribution in [-0.4, -0.2) is 31.6 Å². The van der Waals surface area contributed by atoms with E-state index in [0.29, 0.717) is 12.4 Å². The molecule has 0 bridgehead atoms. The van der Waals surface area contributed by atoms with Crippen molar-refractivity contribution in [1.29, 1.82) is 0 Å². The molecule has 0 aliphatic heterocycles. The van der Waals surface area contributed by atoms with Crippen LogP contribution in [0.25, 0.3) is 0 Å². The molecule has 1 aromatic heterocycles. The second kappa shape index (κ2) is 6.68. The Labute approximate surface area is 111 Å². The number of sulfonamides is 1. The number of aromatic nitrogens is 1. The third kappa shape index (κ3) is 5.33. The molecule has 4 nitrogen and oxygen atoms in total. The second-order valence-corrected chi connectivity index (χ2v) is 7.25. The van der Waals surface area contributed by atoms with E-state index in [1.54, 1.807) is 6.20 Å². The van der Waals surface area contributed by atoms with Gasteiger partial charge in [0.15, 0.2) is 0 Å². The van der Waals surface area contributed by atoms with Crippen LogP contribution in [0.5, 0.6) is 0 Å². The van der Waals surface area contributed by atoms with E-state index in [1.165, 1.54) is 11.3 Å². The van der Waals surface area contributed by atoms with Crippen LogP contribution in [0.1, 0.15) is 24.8 Å². The lowest BCUT2D eigenvalue weighted by Crippen LogP contribution is -2.32. The third-order valence-electron chi connectivity index (χ3n) is 2.25. The van der Waals surface area contributed by atoms with Gasteiger partial charge in [0.25, 0.3) is 0 Å². The molecule has 1 heterocycles. The highest BCUT2D eigenvalue weighted by Crippen LogP contribution is 2.16. The van der Waals surface area contributed by atoms with Gasteiger partial charge in [-0.25, -0.2) is 18.1 Å². The molecule has 0 aromatic carbocycles. The zero-order valence-electron chi connectivity index (χ0n) is 9.89.